The minimum atomic E-state index is -5.08. The van der Waals surface area contributed by atoms with Crippen LogP contribution in [0.25, 0.3) is 0 Å². The number of carboxylic acids is 1. The van der Waals surface area contributed by atoms with Crippen LogP contribution in [0.15, 0.2) is 35.2 Å². The molecule has 1 heterocycles. The lowest BCUT2D eigenvalue weighted by atomic mass is 10.2. The number of carboxylic acid groups (broad SMARTS) is 1. The Morgan fingerprint density at radius 2 is 1.58 bits per heavy atom. The largest absolute Gasteiger partial charge is 0.490 e. The van der Waals surface area contributed by atoms with E-state index in [0.717, 1.165) is 25.7 Å². The van der Waals surface area contributed by atoms with E-state index in [1.165, 1.54) is 8.61 Å². The average molecular weight is 516 g/mol. The first-order chi connectivity index (χ1) is 15.4. The number of hydrogen-bond acceptors (Lipinski definition) is 6. The van der Waals surface area contributed by atoms with E-state index in [2.05, 4.69) is 5.32 Å². The van der Waals surface area contributed by atoms with Crippen LogP contribution < -0.4 is 5.32 Å². The molecule has 2 N–H and O–H groups in total. The van der Waals surface area contributed by atoms with Crippen LogP contribution in [0.2, 0.25) is 0 Å². The lowest BCUT2D eigenvalue weighted by Gasteiger charge is -2.30. The number of piperazine rings is 1. The highest BCUT2D eigenvalue weighted by atomic mass is 32.2. The second-order valence-electron chi connectivity index (χ2n) is 7.64. The van der Waals surface area contributed by atoms with Crippen molar-refractivity contribution in [1.29, 1.82) is 0 Å². The second kappa shape index (κ2) is 11.6. The van der Waals surface area contributed by atoms with Gasteiger partial charge in [0.15, 0.2) is 0 Å². The van der Waals surface area contributed by atoms with Gasteiger partial charge in [-0.1, -0.05) is 31.0 Å². The molecule has 1 saturated heterocycles. The fraction of sp³-hybridized carbons (Fsp3) is 0.632. The van der Waals surface area contributed by atoms with Gasteiger partial charge in [0.1, 0.15) is 0 Å². The van der Waals surface area contributed by atoms with Crippen molar-refractivity contribution in [3.63, 3.8) is 0 Å². The highest BCUT2D eigenvalue weighted by Gasteiger charge is 2.38. The number of carbonyl (C=O) groups is 1. The van der Waals surface area contributed by atoms with E-state index in [-0.39, 0.29) is 23.2 Å². The van der Waals surface area contributed by atoms with Crippen LogP contribution in [0.3, 0.4) is 0 Å². The minimum Gasteiger partial charge on any atom is -0.475 e. The van der Waals surface area contributed by atoms with Gasteiger partial charge in [-0.2, -0.15) is 21.8 Å². The van der Waals surface area contributed by atoms with Crippen LogP contribution in [-0.4, -0.2) is 87.2 Å². The van der Waals surface area contributed by atoms with Gasteiger partial charge >= 0.3 is 12.1 Å². The van der Waals surface area contributed by atoms with Crippen LogP contribution >= 0.6 is 0 Å². The lowest BCUT2D eigenvalue weighted by Crippen LogP contribution is -2.49. The first-order valence-electron chi connectivity index (χ1n) is 10.4. The highest BCUT2D eigenvalue weighted by molar-refractivity contribution is 7.90. The number of rotatable bonds is 7. The minimum absolute atomic E-state index is 0.00809. The summed E-state index contributed by atoms with van der Waals surface area (Å²) in [5.41, 5.74) is 0. The number of halogens is 3. The summed E-state index contributed by atoms with van der Waals surface area (Å²) in [5.74, 6) is -2.93. The third-order valence-corrected chi connectivity index (χ3v) is 9.18. The van der Waals surface area contributed by atoms with E-state index in [1.54, 1.807) is 30.3 Å². The van der Waals surface area contributed by atoms with Crippen molar-refractivity contribution in [3.05, 3.63) is 30.3 Å². The van der Waals surface area contributed by atoms with Crippen molar-refractivity contribution in [1.82, 2.24) is 13.9 Å². The molecule has 0 unspecified atom stereocenters. The number of nitrogens with one attached hydrogen (secondary N) is 1. The van der Waals surface area contributed by atoms with Crippen LogP contribution in [0.5, 0.6) is 0 Å². The predicted molar refractivity (Wildman–Crippen MR) is 115 cm³/mol. The molecular weight excluding hydrogens is 487 g/mol. The number of alkyl halides is 3. The van der Waals surface area contributed by atoms with E-state index in [9.17, 15) is 30.0 Å². The monoisotopic (exact) mass is 515 g/mol. The van der Waals surface area contributed by atoms with Crippen LogP contribution in [0.4, 0.5) is 13.2 Å². The zero-order valence-corrected chi connectivity index (χ0v) is 19.5. The number of nitrogens with zero attached hydrogens (tertiary/aromatic N) is 2. The first kappa shape index (κ1) is 27.5. The van der Waals surface area contributed by atoms with E-state index in [1.807, 2.05) is 0 Å². The topological polar surface area (TPSA) is 124 Å². The molecule has 3 rings (SSSR count). The van der Waals surface area contributed by atoms with Gasteiger partial charge in [-0.15, -0.1) is 0 Å². The summed E-state index contributed by atoms with van der Waals surface area (Å²) in [6, 6.07) is 8.19. The molecule has 1 aromatic rings. The van der Waals surface area contributed by atoms with Gasteiger partial charge < -0.3 is 10.4 Å². The maximum Gasteiger partial charge on any atom is 0.490 e. The van der Waals surface area contributed by atoms with Gasteiger partial charge in [-0.05, 0) is 25.0 Å². The summed E-state index contributed by atoms with van der Waals surface area (Å²) in [4.78, 5) is 9.12. The van der Waals surface area contributed by atoms with Gasteiger partial charge in [-0.25, -0.2) is 21.6 Å². The summed E-state index contributed by atoms with van der Waals surface area (Å²) in [6.45, 7) is 2.16. The Labute approximate surface area is 191 Å². The van der Waals surface area contributed by atoms with Gasteiger partial charge in [0, 0.05) is 38.8 Å². The summed E-state index contributed by atoms with van der Waals surface area (Å²) in [5, 5.41) is 10.3. The smallest absolute Gasteiger partial charge is 0.475 e. The van der Waals surface area contributed by atoms with Crippen molar-refractivity contribution in [2.45, 2.75) is 42.8 Å². The molecule has 1 aromatic carbocycles. The third-order valence-electron chi connectivity index (χ3n) is 5.36. The molecule has 1 aliphatic heterocycles. The fourth-order valence-corrected chi connectivity index (χ4v) is 6.92. The Morgan fingerprint density at radius 3 is 2.06 bits per heavy atom. The van der Waals surface area contributed by atoms with Crippen molar-refractivity contribution >= 4 is 26.0 Å². The van der Waals surface area contributed by atoms with Crippen LogP contribution in [-0.2, 0) is 24.8 Å². The molecule has 0 atom stereocenters. The molecule has 0 spiro atoms. The molecule has 0 radical (unpaired) electrons. The third kappa shape index (κ3) is 7.91. The number of hydrogen-bond donors (Lipinski definition) is 2. The van der Waals surface area contributed by atoms with E-state index >= 15 is 0 Å². The van der Waals surface area contributed by atoms with Gasteiger partial charge in [0.25, 0.3) is 0 Å². The summed E-state index contributed by atoms with van der Waals surface area (Å²) in [6.07, 6.45) is -1.54. The van der Waals surface area contributed by atoms with E-state index in [0.29, 0.717) is 26.2 Å². The molecule has 1 aliphatic carbocycles. The van der Waals surface area contributed by atoms with Crippen molar-refractivity contribution in [2.75, 3.05) is 38.5 Å². The molecule has 0 bridgehead atoms. The lowest BCUT2D eigenvalue weighted by molar-refractivity contribution is -0.192. The van der Waals surface area contributed by atoms with Crippen molar-refractivity contribution in [3.8, 4) is 0 Å². The zero-order valence-electron chi connectivity index (χ0n) is 17.9. The zero-order chi connectivity index (χ0) is 24.7. The number of benzene rings is 1. The number of sulfonamides is 2. The van der Waals surface area contributed by atoms with E-state index in [4.69, 9.17) is 9.90 Å². The SMILES string of the molecule is O=C(O)C(F)(F)F.O=S(=O)(CCN(C1CCCC1)S(=O)(=O)c1ccccc1)N1CCNCC1. The fourth-order valence-electron chi connectivity index (χ4n) is 3.68. The Bertz CT molecular complexity index is 976. The molecule has 14 heteroatoms. The number of aliphatic carboxylic acids is 1. The standard InChI is InChI=1S/C17H27N3O4S2.C2HF3O2/c21-25(22,19-12-10-18-11-13-19)15-14-20(16-6-4-5-7-16)26(23,24)17-8-2-1-3-9-17;3-2(4,5)1(6)7/h1-3,8-9,16,18H,4-7,10-15H2;(H,6,7). The molecule has 33 heavy (non-hydrogen) atoms. The Kier molecular flexibility index (Phi) is 9.67. The maximum absolute atomic E-state index is 13.1. The van der Waals surface area contributed by atoms with E-state index < -0.39 is 32.2 Å². The molecule has 9 nitrogen and oxygen atoms in total. The highest BCUT2D eigenvalue weighted by Crippen LogP contribution is 2.28. The first-order valence-corrected chi connectivity index (χ1v) is 13.5. The molecule has 2 fully saturated rings. The van der Waals surface area contributed by atoms with Crippen LogP contribution in [0, 0.1) is 0 Å². The second-order valence-corrected chi connectivity index (χ2v) is 11.6. The van der Waals surface area contributed by atoms with Crippen molar-refractivity contribution < 1.29 is 39.9 Å². The van der Waals surface area contributed by atoms with Gasteiger partial charge in [0.05, 0.1) is 10.6 Å². The normalized spacial score (nSPS) is 18.7. The maximum atomic E-state index is 13.1. The van der Waals surface area contributed by atoms with Gasteiger partial charge in [0.2, 0.25) is 20.0 Å². The van der Waals surface area contributed by atoms with Gasteiger partial charge in [-0.3, -0.25) is 0 Å². The summed E-state index contributed by atoms with van der Waals surface area (Å²) >= 11 is 0. The molecular formula is C19H28F3N3O6S2. The summed E-state index contributed by atoms with van der Waals surface area (Å²) < 4.78 is 86.2. The molecule has 2 aliphatic rings. The van der Waals surface area contributed by atoms with Crippen LogP contribution in [0.1, 0.15) is 25.7 Å². The average Bonchev–Trinajstić information content (AvgIpc) is 3.29. The van der Waals surface area contributed by atoms with Crippen molar-refractivity contribution in [2.24, 2.45) is 0 Å². The quantitative estimate of drug-likeness (QED) is 0.564. The summed E-state index contributed by atoms with van der Waals surface area (Å²) in [7, 11) is -7.16. The molecule has 0 amide bonds. The predicted octanol–water partition coefficient (Wildman–Crippen LogP) is 1.49. The molecule has 1 saturated carbocycles. The Morgan fingerprint density at radius 1 is 1.06 bits per heavy atom. The molecule has 188 valence electrons. The Hall–Kier alpha value is -1.74. The molecule has 0 aromatic heterocycles. The Balaban J connectivity index is 0.000000479.